The third-order valence-electron chi connectivity index (χ3n) is 1.74. The molecular formula is C11H16O. The van der Waals surface area contributed by atoms with Gasteiger partial charge in [-0.3, -0.25) is 0 Å². The van der Waals surface area contributed by atoms with Crippen LogP contribution >= 0.6 is 0 Å². The van der Waals surface area contributed by atoms with Crippen LogP contribution in [0, 0.1) is 0 Å². The second kappa shape index (κ2) is 6.86. The fourth-order valence-corrected chi connectivity index (χ4v) is 1.07. The molecule has 0 amide bonds. The molecule has 0 aliphatic carbocycles. The van der Waals surface area contributed by atoms with Crippen molar-refractivity contribution in [2.45, 2.75) is 19.3 Å². The van der Waals surface area contributed by atoms with Gasteiger partial charge in [-0.05, 0) is 19.3 Å². The van der Waals surface area contributed by atoms with Crippen LogP contribution in [0.15, 0.2) is 36.4 Å². The maximum Gasteiger partial charge on any atom is 0.0466 e. The summed E-state index contributed by atoms with van der Waals surface area (Å²) in [7, 11) is 0. The smallest absolute Gasteiger partial charge is 0.0466 e. The van der Waals surface area contributed by atoms with Crippen LogP contribution < -0.4 is 0 Å². The summed E-state index contributed by atoms with van der Waals surface area (Å²) in [6.07, 6.45) is 3.93. The van der Waals surface area contributed by atoms with Gasteiger partial charge in [0.15, 0.2) is 0 Å². The first-order chi connectivity index (χ1) is 6.00. The van der Waals surface area contributed by atoms with Gasteiger partial charge in [0.1, 0.15) is 0 Å². The lowest BCUT2D eigenvalue weighted by Crippen LogP contribution is -2.03. The molecule has 1 aliphatic heterocycles. The zero-order valence-corrected chi connectivity index (χ0v) is 7.41. The molecule has 0 atom stereocenters. The van der Waals surface area contributed by atoms with Gasteiger partial charge >= 0.3 is 0 Å². The van der Waals surface area contributed by atoms with E-state index in [1.165, 1.54) is 19.3 Å². The maximum absolute atomic E-state index is 5.07. The normalized spacial score (nSPS) is 16.0. The molecule has 0 radical (unpaired) electrons. The summed E-state index contributed by atoms with van der Waals surface area (Å²) >= 11 is 0. The molecule has 0 aromatic heterocycles. The summed E-state index contributed by atoms with van der Waals surface area (Å²) in [6, 6.07) is 12.0. The van der Waals surface area contributed by atoms with Crippen molar-refractivity contribution < 1.29 is 4.74 Å². The Morgan fingerprint density at radius 3 is 1.17 bits per heavy atom. The highest BCUT2D eigenvalue weighted by atomic mass is 16.5. The van der Waals surface area contributed by atoms with Gasteiger partial charge in [-0.15, -0.1) is 0 Å². The number of benzene rings is 1. The van der Waals surface area contributed by atoms with E-state index in [0.29, 0.717) is 0 Å². The minimum atomic E-state index is 1.00. The van der Waals surface area contributed by atoms with E-state index in [1.54, 1.807) is 0 Å². The highest BCUT2D eigenvalue weighted by Crippen LogP contribution is 2.02. The minimum absolute atomic E-state index is 1.00. The quantitative estimate of drug-likeness (QED) is 0.573. The van der Waals surface area contributed by atoms with Crippen molar-refractivity contribution in [3.05, 3.63) is 36.4 Å². The van der Waals surface area contributed by atoms with Crippen molar-refractivity contribution >= 4 is 0 Å². The number of hydrogen-bond donors (Lipinski definition) is 0. The van der Waals surface area contributed by atoms with Gasteiger partial charge in [0.25, 0.3) is 0 Å². The number of hydrogen-bond acceptors (Lipinski definition) is 1. The van der Waals surface area contributed by atoms with Crippen molar-refractivity contribution in [2.75, 3.05) is 13.2 Å². The molecule has 0 saturated carbocycles. The molecule has 1 nitrogen and oxygen atoms in total. The Kier molecular flexibility index (Phi) is 5.30. The van der Waals surface area contributed by atoms with Crippen LogP contribution in [0.25, 0.3) is 0 Å². The largest absolute Gasteiger partial charge is 0.381 e. The fraction of sp³-hybridized carbons (Fsp3) is 0.455. The Morgan fingerprint density at radius 1 is 0.583 bits per heavy atom. The van der Waals surface area contributed by atoms with Crippen molar-refractivity contribution in [3.63, 3.8) is 0 Å². The Bertz CT molecular complexity index is 129. The lowest BCUT2D eigenvalue weighted by molar-refractivity contribution is 0.0968. The predicted molar refractivity (Wildman–Crippen MR) is 51.1 cm³/mol. The van der Waals surface area contributed by atoms with Crippen LogP contribution in [0.4, 0.5) is 0 Å². The lowest BCUT2D eigenvalue weighted by Gasteiger charge is -2.08. The third kappa shape index (κ3) is 4.91. The molecule has 0 unspecified atom stereocenters. The summed E-state index contributed by atoms with van der Waals surface area (Å²) in [4.78, 5) is 0. The Labute approximate surface area is 74.4 Å². The molecule has 0 bridgehead atoms. The van der Waals surface area contributed by atoms with Crippen LogP contribution in [0.3, 0.4) is 0 Å². The molecule has 1 heteroatoms. The van der Waals surface area contributed by atoms with E-state index < -0.39 is 0 Å². The molecule has 1 heterocycles. The van der Waals surface area contributed by atoms with Crippen molar-refractivity contribution in [3.8, 4) is 0 Å². The average Bonchev–Trinajstić information content (AvgIpc) is 2.24. The van der Waals surface area contributed by atoms with E-state index in [0.717, 1.165) is 13.2 Å². The Morgan fingerprint density at radius 2 is 1.00 bits per heavy atom. The predicted octanol–water partition coefficient (Wildman–Crippen LogP) is 2.87. The summed E-state index contributed by atoms with van der Waals surface area (Å²) < 4.78 is 5.07. The van der Waals surface area contributed by atoms with Gasteiger partial charge in [0.05, 0.1) is 0 Å². The molecule has 12 heavy (non-hydrogen) atoms. The molecular weight excluding hydrogens is 148 g/mol. The van der Waals surface area contributed by atoms with E-state index in [2.05, 4.69) is 0 Å². The molecule has 0 N–H and O–H groups in total. The van der Waals surface area contributed by atoms with E-state index in [1.807, 2.05) is 36.4 Å². The topological polar surface area (TPSA) is 9.23 Å². The van der Waals surface area contributed by atoms with Crippen LogP contribution in [0.1, 0.15) is 19.3 Å². The fourth-order valence-electron chi connectivity index (χ4n) is 1.07. The van der Waals surface area contributed by atoms with Crippen LogP contribution in [-0.4, -0.2) is 13.2 Å². The summed E-state index contributed by atoms with van der Waals surface area (Å²) in [5.74, 6) is 0. The van der Waals surface area contributed by atoms with Gasteiger partial charge in [0, 0.05) is 13.2 Å². The van der Waals surface area contributed by atoms with Gasteiger partial charge in [-0.2, -0.15) is 0 Å². The van der Waals surface area contributed by atoms with Crippen LogP contribution in [0.5, 0.6) is 0 Å². The second-order valence-corrected chi connectivity index (χ2v) is 2.83. The number of ether oxygens (including phenoxy) is 1. The number of rotatable bonds is 0. The van der Waals surface area contributed by atoms with E-state index >= 15 is 0 Å². The summed E-state index contributed by atoms with van der Waals surface area (Å²) in [6.45, 7) is 2.00. The van der Waals surface area contributed by atoms with E-state index in [-0.39, 0.29) is 0 Å². The van der Waals surface area contributed by atoms with Crippen molar-refractivity contribution in [2.24, 2.45) is 0 Å². The third-order valence-corrected chi connectivity index (χ3v) is 1.74. The van der Waals surface area contributed by atoms with Gasteiger partial charge in [-0.1, -0.05) is 36.4 Å². The molecule has 1 aromatic carbocycles. The van der Waals surface area contributed by atoms with Crippen LogP contribution in [0.2, 0.25) is 0 Å². The monoisotopic (exact) mass is 164 g/mol. The highest BCUT2D eigenvalue weighted by molar-refractivity contribution is 4.99. The SMILES string of the molecule is C1CCOCC1.c1ccccc1. The molecule has 1 aliphatic rings. The molecule has 2 rings (SSSR count). The van der Waals surface area contributed by atoms with Gasteiger partial charge in [-0.25, -0.2) is 0 Å². The Balaban J connectivity index is 0.000000120. The standard InChI is InChI=1S/C6H6.C5H10O/c2*1-2-4-6-5-3-1/h1-6H;1-5H2. The molecule has 0 spiro atoms. The first kappa shape index (κ1) is 9.27. The lowest BCUT2D eigenvalue weighted by atomic mass is 10.2. The zero-order chi connectivity index (χ0) is 8.49. The average molecular weight is 164 g/mol. The zero-order valence-electron chi connectivity index (χ0n) is 7.41. The first-order valence-electron chi connectivity index (χ1n) is 4.58. The van der Waals surface area contributed by atoms with E-state index in [4.69, 9.17) is 4.74 Å². The minimum Gasteiger partial charge on any atom is -0.381 e. The Hall–Kier alpha value is -0.820. The van der Waals surface area contributed by atoms with E-state index in [9.17, 15) is 0 Å². The molecule has 1 aromatic rings. The summed E-state index contributed by atoms with van der Waals surface area (Å²) in [5, 5.41) is 0. The molecule has 66 valence electrons. The molecule has 1 saturated heterocycles. The highest BCUT2D eigenvalue weighted by Gasteiger charge is 1.94. The second-order valence-electron chi connectivity index (χ2n) is 2.83. The summed E-state index contributed by atoms with van der Waals surface area (Å²) in [5.41, 5.74) is 0. The first-order valence-corrected chi connectivity index (χ1v) is 4.58. The molecule has 1 fully saturated rings. The van der Waals surface area contributed by atoms with Crippen molar-refractivity contribution in [1.29, 1.82) is 0 Å². The maximum atomic E-state index is 5.07. The van der Waals surface area contributed by atoms with Gasteiger partial charge < -0.3 is 4.74 Å². The van der Waals surface area contributed by atoms with Crippen LogP contribution in [-0.2, 0) is 4.74 Å². The van der Waals surface area contributed by atoms with Gasteiger partial charge in [0.2, 0.25) is 0 Å². The van der Waals surface area contributed by atoms with Crippen molar-refractivity contribution in [1.82, 2.24) is 0 Å².